The molecule has 2 aromatic carbocycles. The largest absolute Gasteiger partial charge is 0.497 e. The number of nitrogens with one attached hydrogen (secondary N) is 2. The molecule has 36 heavy (non-hydrogen) atoms. The van der Waals surface area contributed by atoms with Crippen molar-refractivity contribution in [2.75, 3.05) is 21.0 Å². The highest BCUT2D eigenvalue weighted by Crippen LogP contribution is 2.34. The normalized spacial score (nSPS) is 13.4. The van der Waals surface area contributed by atoms with Crippen LogP contribution < -0.4 is 24.8 Å². The minimum Gasteiger partial charge on any atom is -0.497 e. The second kappa shape index (κ2) is 12.7. The number of carboxylic acids is 1. The maximum absolute atomic E-state index is 13.2. The number of methoxy groups -OCH3 is 1. The van der Waals surface area contributed by atoms with E-state index in [0.717, 1.165) is 18.4 Å². The SMILES string of the molecule is CCCC[C@H](NC(=O)N[C@@H](CC(=O)O)c1ccc2c(c1)OCO2)C(=O)N(C)Cc1cccc(OC)c1. The number of carbonyl (C=O) groups is 3. The fourth-order valence-corrected chi connectivity index (χ4v) is 3.97. The van der Waals surface area contributed by atoms with E-state index in [9.17, 15) is 19.5 Å². The Balaban J connectivity index is 1.69. The monoisotopic (exact) mass is 499 g/mol. The van der Waals surface area contributed by atoms with E-state index >= 15 is 0 Å². The molecule has 0 bridgehead atoms. The minimum atomic E-state index is -1.07. The summed E-state index contributed by atoms with van der Waals surface area (Å²) in [6.45, 7) is 2.44. The van der Waals surface area contributed by atoms with E-state index in [-0.39, 0.29) is 19.1 Å². The van der Waals surface area contributed by atoms with E-state index in [1.54, 1.807) is 37.3 Å². The third-order valence-electron chi connectivity index (χ3n) is 5.86. The fourth-order valence-electron chi connectivity index (χ4n) is 3.97. The predicted octanol–water partition coefficient (Wildman–Crippen LogP) is 3.46. The van der Waals surface area contributed by atoms with Crippen LogP contribution >= 0.6 is 0 Å². The van der Waals surface area contributed by atoms with Gasteiger partial charge in [0.2, 0.25) is 12.7 Å². The summed E-state index contributed by atoms with van der Waals surface area (Å²) in [6.07, 6.45) is 1.71. The first-order valence-corrected chi connectivity index (χ1v) is 11.9. The predicted molar refractivity (Wildman–Crippen MR) is 132 cm³/mol. The van der Waals surface area contributed by atoms with Gasteiger partial charge in [0.15, 0.2) is 11.5 Å². The number of carbonyl (C=O) groups excluding carboxylic acids is 2. The summed E-state index contributed by atoms with van der Waals surface area (Å²) >= 11 is 0. The van der Waals surface area contributed by atoms with Crippen molar-refractivity contribution >= 4 is 17.9 Å². The van der Waals surface area contributed by atoms with E-state index in [1.807, 2.05) is 31.2 Å². The molecule has 0 spiro atoms. The van der Waals surface area contributed by atoms with Crippen LogP contribution in [0.2, 0.25) is 0 Å². The van der Waals surface area contributed by atoms with Crippen LogP contribution in [-0.4, -0.2) is 54.9 Å². The molecule has 10 nitrogen and oxygen atoms in total. The number of fused-ring (bicyclic) bond motifs is 1. The Kier molecular flexibility index (Phi) is 9.38. The third kappa shape index (κ3) is 7.27. The van der Waals surface area contributed by atoms with Gasteiger partial charge in [-0.15, -0.1) is 0 Å². The second-order valence-electron chi connectivity index (χ2n) is 8.62. The zero-order valence-corrected chi connectivity index (χ0v) is 20.8. The molecule has 2 atom stereocenters. The molecule has 1 heterocycles. The average Bonchev–Trinajstić information content (AvgIpc) is 3.33. The third-order valence-corrected chi connectivity index (χ3v) is 5.86. The van der Waals surface area contributed by atoms with Crippen LogP contribution in [0.25, 0.3) is 0 Å². The number of benzene rings is 2. The molecular weight excluding hydrogens is 466 g/mol. The summed E-state index contributed by atoms with van der Waals surface area (Å²) in [5.74, 6) is 0.428. The molecule has 0 unspecified atom stereocenters. The molecule has 0 saturated carbocycles. The highest BCUT2D eigenvalue weighted by molar-refractivity contribution is 5.87. The molecule has 0 fully saturated rings. The van der Waals surface area contributed by atoms with Gasteiger partial charge in [-0.3, -0.25) is 9.59 Å². The topological polar surface area (TPSA) is 126 Å². The van der Waals surface area contributed by atoms with Gasteiger partial charge >= 0.3 is 12.0 Å². The number of nitrogens with zero attached hydrogens (tertiary/aromatic N) is 1. The molecule has 194 valence electrons. The van der Waals surface area contributed by atoms with Crippen molar-refractivity contribution in [3.63, 3.8) is 0 Å². The highest BCUT2D eigenvalue weighted by atomic mass is 16.7. The van der Waals surface area contributed by atoms with Crippen LogP contribution in [0.4, 0.5) is 4.79 Å². The number of ether oxygens (including phenoxy) is 3. The second-order valence-corrected chi connectivity index (χ2v) is 8.62. The number of carboxylic acid groups (broad SMARTS) is 1. The number of amides is 3. The van der Waals surface area contributed by atoms with Crippen molar-refractivity contribution < 1.29 is 33.7 Å². The summed E-state index contributed by atoms with van der Waals surface area (Å²) in [5.41, 5.74) is 1.46. The van der Waals surface area contributed by atoms with Gasteiger partial charge in [0.1, 0.15) is 11.8 Å². The van der Waals surface area contributed by atoms with Gasteiger partial charge in [0.05, 0.1) is 19.6 Å². The van der Waals surface area contributed by atoms with Gasteiger partial charge in [-0.2, -0.15) is 0 Å². The lowest BCUT2D eigenvalue weighted by molar-refractivity contribution is -0.137. The maximum Gasteiger partial charge on any atom is 0.315 e. The first-order chi connectivity index (χ1) is 17.3. The standard InChI is InChI=1S/C26H33N3O7/c1-4-5-9-20(25(32)29(2)15-17-7-6-8-19(12-17)34-3)27-26(33)28-21(14-24(30)31)18-10-11-22-23(13-18)36-16-35-22/h6-8,10-13,20-21H,4-5,9,14-16H2,1-3H3,(H,30,31)(H2,27,28,33)/t20-,21-/m0/s1. The number of unbranched alkanes of at least 4 members (excludes halogenated alkanes) is 1. The lowest BCUT2D eigenvalue weighted by Crippen LogP contribution is -2.51. The number of hydrogen-bond acceptors (Lipinski definition) is 6. The molecule has 0 radical (unpaired) electrons. The number of hydrogen-bond donors (Lipinski definition) is 3. The number of urea groups is 1. The van der Waals surface area contributed by atoms with Crippen LogP contribution in [0.3, 0.4) is 0 Å². The van der Waals surface area contributed by atoms with Crippen molar-refractivity contribution in [2.45, 2.75) is 51.2 Å². The Morgan fingerprint density at radius 3 is 2.61 bits per heavy atom. The van der Waals surface area contributed by atoms with Gasteiger partial charge in [0, 0.05) is 13.6 Å². The molecule has 2 aromatic rings. The van der Waals surface area contributed by atoms with Crippen molar-refractivity contribution in [1.82, 2.24) is 15.5 Å². The Hall–Kier alpha value is -3.95. The van der Waals surface area contributed by atoms with Crippen molar-refractivity contribution in [2.24, 2.45) is 0 Å². The van der Waals surface area contributed by atoms with E-state index in [1.165, 1.54) is 0 Å². The van der Waals surface area contributed by atoms with Gasteiger partial charge in [0.25, 0.3) is 0 Å². The van der Waals surface area contributed by atoms with Crippen molar-refractivity contribution in [1.29, 1.82) is 0 Å². The Labute approximate surface area is 210 Å². The fraction of sp³-hybridized carbons (Fsp3) is 0.423. The smallest absolute Gasteiger partial charge is 0.315 e. The zero-order valence-electron chi connectivity index (χ0n) is 20.8. The van der Waals surface area contributed by atoms with Crippen molar-refractivity contribution in [3.8, 4) is 17.2 Å². The summed E-state index contributed by atoms with van der Waals surface area (Å²) < 4.78 is 15.9. The Morgan fingerprint density at radius 2 is 1.89 bits per heavy atom. The lowest BCUT2D eigenvalue weighted by atomic mass is 10.0. The Morgan fingerprint density at radius 1 is 1.11 bits per heavy atom. The molecule has 0 aliphatic carbocycles. The van der Waals surface area contributed by atoms with Crippen molar-refractivity contribution in [3.05, 3.63) is 53.6 Å². The average molecular weight is 500 g/mol. The van der Waals surface area contributed by atoms with Gasteiger partial charge in [-0.25, -0.2) is 4.79 Å². The lowest BCUT2D eigenvalue weighted by Gasteiger charge is -2.26. The molecule has 3 amide bonds. The van der Waals surface area contributed by atoms with Gasteiger partial charge in [-0.05, 0) is 41.8 Å². The molecular formula is C26H33N3O7. The maximum atomic E-state index is 13.2. The summed E-state index contributed by atoms with van der Waals surface area (Å²) in [7, 11) is 3.26. The summed E-state index contributed by atoms with van der Waals surface area (Å²) in [5, 5.41) is 14.8. The molecule has 1 aliphatic heterocycles. The summed E-state index contributed by atoms with van der Waals surface area (Å²) in [6, 6.07) is 10.2. The van der Waals surface area contributed by atoms with Crippen LogP contribution in [0.15, 0.2) is 42.5 Å². The van der Waals surface area contributed by atoms with Crippen LogP contribution in [0, 0.1) is 0 Å². The van der Waals surface area contributed by atoms with Gasteiger partial charge in [-0.1, -0.05) is 38.0 Å². The highest BCUT2D eigenvalue weighted by Gasteiger charge is 2.26. The number of likely N-dealkylation sites (N-methyl/N-ethyl adjacent to an activating group) is 1. The quantitative estimate of drug-likeness (QED) is 0.408. The minimum absolute atomic E-state index is 0.0841. The number of rotatable bonds is 12. The van der Waals surface area contributed by atoms with Crippen LogP contribution in [0.5, 0.6) is 17.2 Å². The van der Waals surface area contributed by atoms with Crippen LogP contribution in [-0.2, 0) is 16.1 Å². The zero-order chi connectivity index (χ0) is 26.1. The first-order valence-electron chi connectivity index (χ1n) is 11.9. The molecule has 1 aliphatic rings. The molecule has 3 N–H and O–H groups in total. The molecule has 0 aromatic heterocycles. The first kappa shape index (κ1) is 26.7. The van der Waals surface area contributed by atoms with E-state index in [2.05, 4.69) is 10.6 Å². The Bertz CT molecular complexity index is 1080. The molecule has 0 saturated heterocycles. The van der Waals surface area contributed by atoms with E-state index in [4.69, 9.17) is 14.2 Å². The van der Waals surface area contributed by atoms with Gasteiger partial charge < -0.3 is 34.9 Å². The van der Waals surface area contributed by atoms with E-state index < -0.39 is 24.1 Å². The van der Waals surface area contributed by atoms with E-state index in [0.29, 0.717) is 35.8 Å². The molecule has 3 rings (SSSR count). The summed E-state index contributed by atoms with van der Waals surface area (Å²) in [4.78, 5) is 39.2. The molecule has 10 heteroatoms. The van der Waals surface area contributed by atoms with Crippen LogP contribution in [0.1, 0.15) is 49.8 Å². The number of aliphatic carboxylic acids is 1.